The molecule has 1 N–H and O–H groups in total. The summed E-state index contributed by atoms with van der Waals surface area (Å²) in [5, 5.41) is 3.52. The van der Waals surface area contributed by atoms with Crippen LogP contribution in [0.2, 0.25) is 0 Å². The van der Waals surface area contributed by atoms with E-state index in [4.69, 9.17) is 9.47 Å². The predicted molar refractivity (Wildman–Crippen MR) is 102 cm³/mol. The van der Waals surface area contributed by atoms with Crippen molar-refractivity contribution in [1.29, 1.82) is 0 Å². The molecule has 1 aromatic carbocycles. The Morgan fingerprint density at radius 3 is 2.62 bits per heavy atom. The van der Waals surface area contributed by atoms with Crippen LogP contribution >= 0.6 is 24.8 Å². The number of nitrogens with zero attached hydrogens (tertiary/aromatic N) is 2. The van der Waals surface area contributed by atoms with E-state index >= 15 is 0 Å². The van der Waals surface area contributed by atoms with Gasteiger partial charge in [0.1, 0.15) is 5.75 Å². The Hall–Kier alpha value is -0.560. The summed E-state index contributed by atoms with van der Waals surface area (Å²) in [6.07, 6.45) is 0. The van der Waals surface area contributed by atoms with Crippen molar-refractivity contribution < 1.29 is 9.47 Å². The summed E-state index contributed by atoms with van der Waals surface area (Å²) < 4.78 is 11.0. The normalized spacial score (nSPS) is 22.3. The first-order valence-corrected chi connectivity index (χ1v) is 8.26. The van der Waals surface area contributed by atoms with Crippen molar-refractivity contribution >= 4 is 24.8 Å². The molecular formula is C17H29Cl2N3O2. The van der Waals surface area contributed by atoms with Gasteiger partial charge in [-0.1, -0.05) is 18.2 Å². The van der Waals surface area contributed by atoms with Gasteiger partial charge in [-0.3, -0.25) is 9.80 Å². The molecule has 138 valence electrons. The molecule has 2 fully saturated rings. The van der Waals surface area contributed by atoms with Gasteiger partial charge in [0.15, 0.2) is 0 Å². The lowest BCUT2D eigenvalue weighted by Crippen LogP contribution is -2.49. The molecule has 0 radical (unpaired) electrons. The third-order valence-corrected chi connectivity index (χ3v) is 4.66. The molecule has 1 unspecified atom stereocenters. The molecular weight excluding hydrogens is 349 g/mol. The molecule has 2 heterocycles. The van der Waals surface area contributed by atoms with E-state index in [1.807, 2.05) is 6.07 Å². The van der Waals surface area contributed by atoms with Crippen LogP contribution in [0.1, 0.15) is 11.6 Å². The van der Waals surface area contributed by atoms with Crippen molar-refractivity contribution in [2.75, 3.05) is 66.1 Å². The zero-order valence-corrected chi connectivity index (χ0v) is 15.9. The molecule has 2 aliphatic rings. The third kappa shape index (κ3) is 5.48. The van der Waals surface area contributed by atoms with Crippen LogP contribution in [0.15, 0.2) is 24.3 Å². The van der Waals surface area contributed by atoms with Crippen LogP contribution in [-0.2, 0) is 4.74 Å². The molecule has 7 heteroatoms. The molecule has 0 spiro atoms. The fraction of sp³-hybridized carbons (Fsp3) is 0.647. The lowest BCUT2D eigenvalue weighted by Gasteiger charge is -2.38. The highest BCUT2D eigenvalue weighted by molar-refractivity contribution is 5.85. The van der Waals surface area contributed by atoms with Crippen molar-refractivity contribution in [2.24, 2.45) is 0 Å². The molecule has 1 aromatic rings. The quantitative estimate of drug-likeness (QED) is 0.846. The second kappa shape index (κ2) is 11.1. The molecule has 24 heavy (non-hydrogen) atoms. The fourth-order valence-corrected chi connectivity index (χ4v) is 3.36. The Morgan fingerprint density at radius 1 is 1.12 bits per heavy atom. The largest absolute Gasteiger partial charge is 0.496 e. The first-order chi connectivity index (χ1) is 10.9. The van der Waals surface area contributed by atoms with Crippen molar-refractivity contribution in [1.82, 2.24) is 15.1 Å². The maximum atomic E-state index is 5.56. The number of methoxy groups -OCH3 is 1. The van der Waals surface area contributed by atoms with Crippen molar-refractivity contribution in [3.05, 3.63) is 29.8 Å². The molecule has 5 nitrogen and oxygen atoms in total. The van der Waals surface area contributed by atoms with Crippen LogP contribution in [-0.4, -0.2) is 75.9 Å². The number of rotatable bonds is 5. The minimum atomic E-state index is 0. The Balaban J connectivity index is 0.00000144. The Labute approximate surface area is 157 Å². The first-order valence-electron chi connectivity index (χ1n) is 8.26. The summed E-state index contributed by atoms with van der Waals surface area (Å²) in [5.74, 6) is 0.993. The fourth-order valence-electron chi connectivity index (χ4n) is 3.36. The van der Waals surface area contributed by atoms with Gasteiger partial charge in [-0.15, -0.1) is 24.8 Å². The molecule has 0 amide bonds. The number of hydrogen-bond donors (Lipinski definition) is 1. The Kier molecular flexibility index (Phi) is 9.96. The molecule has 2 saturated heterocycles. The summed E-state index contributed by atoms with van der Waals surface area (Å²) in [4.78, 5) is 5.09. The molecule has 0 saturated carbocycles. The zero-order valence-electron chi connectivity index (χ0n) is 14.3. The minimum absolute atomic E-state index is 0. The second-order valence-corrected chi connectivity index (χ2v) is 5.95. The highest BCUT2D eigenvalue weighted by Gasteiger charge is 2.26. The van der Waals surface area contributed by atoms with E-state index in [9.17, 15) is 0 Å². The lowest BCUT2D eigenvalue weighted by molar-refractivity contribution is 0.0290. The summed E-state index contributed by atoms with van der Waals surface area (Å²) in [6, 6.07) is 8.79. The van der Waals surface area contributed by atoms with Crippen molar-refractivity contribution in [3.63, 3.8) is 0 Å². The van der Waals surface area contributed by atoms with Gasteiger partial charge in [0.05, 0.1) is 26.4 Å². The molecule has 0 aliphatic carbocycles. The van der Waals surface area contributed by atoms with E-state index in [0.29, 0.717) is 6.04 Å². The molecule has 3 rings (SSSR count). The summed E-state index contributed by atoms with van der Waals surface area (Å²) in [7, 11) is 1.76. The van der Waals surface area contributed by atoms with Crippen LogP contribution in [0.25, 0.3) is 0 Å². The van der Waals surface area contributed by atoms with Gasteiger partial charge in [0, 0.05) is 51.4 Å². The second-order valence-electron chi connectivity index (χ2n) is 5.95. The summed E-state index contributed by atoms with van der Waals surface area (Å²) >= 11 is 0. The Bertz CT molecular complexity index is 473. The molecule has 2 aliphatic heterocycles. The number of nitrogens with one attached hydrogen (secondary N) is 1. The van der Waals surface area contributed by atoms with E-state index in [1.165, 1.54) is 5.56 Å². The standard InChI is InChI=1S/C17H27N3O2.2ClH/c1-21-17-5-3-2-4-15(17)16-14-18-6-7-20(16)9-8-19-10-12-22-13-11-19;;/h2-5,16,18H,6-14H2,1H3;2*1H. The SMILES string of the molecule is COc1ccccc1C1CNCCN1CCN1CCOCC1.Cl.Cl. The smallest absolute Gasteiger partial charge is 0.123 e. The van der Waals surface area contributed by atoms with Crippen LogP contribution < -0.4 is 10.1 Å². The topological polar surface area (TPSA) is 37.0 Å². The van der Waals surface area contributed by atoms with Gasteiger partial charge in [-0.25, -0.2) is 0 Å². The number of para-hydroxylation sites is 1. The lowest BCUT2D eigenvalue weighted by atomic mass is 10.0. The first kappa shape index (κ1) is 21.5. The number of ether oxygens (including phenoxy) is 2. The molecule has 1 atom stereocenters. The molecule has 0 aromatic heterocycles. The number of piperazine rings is 1. The summed E-state index contributed by atoms with van der Waals surface area (Å²) in [5.41, 5.74) is 1.29. The zero-order chi connectivity index (χ0) is 15.2. The maximum Gasteiger partial charge on any atom is 0.123 e. The van der Waals surface area contributed by atoms with E-state index in [0.717, 1.165) is 64.8 Å². The van der Waals surface area contributed by atoms with Crippen molar-refractivity contribution in [2.45, 2.75) is 6.04 Å². The highest BCUT2D eigenvalue weighted by atomic mass is 35.5. The van der Waals surface area contributed by atoms with E-state index in [-0.39, 0.29) is 24.8 Å². The predicted octanol–water partition coefficient (Wildman–Crippen LogP) is 1.82. The van der Waals surface area contributed by atoms with E-state index in [2.05, 4.69) is 33.3 Å². The van der Waals surface area contributed by atoms with Crippen LogP contribution in [0.5, 0.6) is 5.75 Å². The van der Waals surface area contributed by atoms with Gasteiger partial charge in [0.2, 0.25) is 0 Å². The number of halogens is 2. The van der Waals surface area contributed by atoms with Gasteiger partial charge in [-0.05, 0) is 6.07 Å². The van der Waals surface area contributed by atoms with Crippen molar-refractivity contribution in [3.8, 4) is 5.75 Å². The number of hydrogen-bond acceptors (Lipinski definition) is 5. The average molecular weight is 378 g/mol. The average Bonchev–Trinajstić information content (AvgIpc) is 2.61. The number of benzene rings is 1. The van der Waals surface area contributed by atoms with Gasteiger partial charge < -0.3 is 14.8 Å². The summed E-state index contributed by atoms with van der Waals surface area (Å²) in [6.45, 7) is 9.23. The van der Waals surface area contributed by atoms with Crippen LogP contribution in [0.3, 0.4) is 0 Å². The van der Waals surface area contributed by atoms with Crippen LogP contribution in [0.4, 0.5) is 0 Å². The van der Waals surface area contributed by atoms with E-state index < -0.39 is 0 Å². The minimum Gasteiger partial charge on any atom is -0.496 e. The molecule has 0 bridgehead atoms. The highest BCUT2D eigenvalue weighted by Crippen LogP contribution is 2.29. The van der Waals surface area contributed by atoms with Crippen LogP contribution in [0, 0.1) is 0 Å². The van der Waals surface area contributed by atoms with Gasteiger partial charge >= 0.3 is 0 Å². The Morgan fingerprint density at radius 2 is 1.88 bits per heavy atom. The van der Waals surface area contributed by atoms with Gasteiger partial charge in [-0.2, -0.15) is 0 Å². The van der Waals surface area contributed by atoms with Gasteiger partial charge in [0.25, 0.3) is 0 Å². The number of morpholine rings is 1. The van der Waals surface area contributed by atoms with E-state index in [1.54, 1.807) is 7.11 Å². The monoisotopic (exact) mass is 377 g/mol. The third-order valence-electron chi connectivity index (χ3n) is 4.66. The maximum absolute atomic E-state index is 5.56.